The van der Waals surface area contributed by atoms with Crippen LogP contribution < -0.4 is 0 Å². The molecule has 70 valence electrons. The van der Waals surface area contributed by atoms with Crippen LogP contribution in [0.3, 0.4) is 0 Å². The molecular weight excluding hydrogens is 172 g/mol. The standard InChI is InChI=1S/C9H10O4/c1-3-5-7(6-8(10)11)9(12)13-4-2/h3-4H,2,6H2,1H3,(H,10,11). The Kier molecular flexibility index (Phi) is 5.00. The maximum absolute atomic E-state index is 11.0. The summed E-state index contributed by atoms with van der Waals surface area (Å²) in [4.78, 5) is 21.3. The van der Waals surface area contributed by atoms with Crippen molar-refractivity contribution in [3.63, 3.8) is 0 Å². The van der Waals surface area contributed by atoms with Crippen molar-refractivity contribution >= 4 is 11.9 Å². The van der Waals surface area contributed by atoms with Crippen molar-refractivity contribution < 1.29 is 19.4 Å². The van der Waals surface area contributed by atoms with E-state index < -0.39 is 18.4 Å². The minimum Gasteiger partial charge on any atom is -0.481 e. The van der Waals surface area contributed by atoms with Crippen LogP contribution in [0, 0.1) is 0 Å². The highest BCUT2D eigenvalue weighted by atomic mass is 16.5. The van der Waals surface area contributed by atoms with E-state index in [0.717, 1.165) is 6.26 Å². The molecule has 0 heterocycles. The van der Waals surface area contributed by atoms with Crippen molar-refractivity contribution in [2.75, 3.05) is 0 Å². The largest absolute Gasteiger partial charge is 0.481 e. The van der Waals surface area contributed by atoms with Gasteiger partial charge in [0.1, 0.15) is 0 Å². The first-order chi connectivity index (χ1) is 6.11. The van der Waals surface area contributed by atoms with E-state index in [1.54, 1.807) is 6.92 Å². The summed E-state index contributed by atoms with van der Waals surface area (Å²) in [5.41, 5.74) is 2.45. The number of carboxylic acid groups (broad SMARTS) is 1. The average Bonchev–Trinajstić information content (AvgIpc) is 2.03. The molecule has 0 atom stereocenters. The van der Waals surface area contributed by atoms with Gasteiger partial charge >= 0.3 is 11.9 Å². The summed E-state index contributed by atoms with van der Waals surface area (Å²) in [7, 11) is 0. The van der Waals surface area contributed by atoms with Gasteiger partial charge in [0, 0.05) is 0 Å². The summed E-state index contributed by atoms with van der Waals surface area (Å²) in [5.74, 6) is -1.85. The lowest BCUT2D eigenvalue weighted by molar-refractivity contribution is -0.140. The number of carbonyl (C=O) groups is 2. The average molecular weight is 182 g/mol. The van der Waals surface area contributed by atoms with E-state index in [2.05, 4.69) is 17.0 Å². The zero-order valence-electron chi connectivity index (χ0n) is 7.24. The molecule has 0 rings (SSSR count). The van der Waals surface area contributed by atoms with Crippen LogP contribution in [0.15, 0.2) is 30.2 Å². The molecule has 0 aromatic heterocycles. The van der Waals surface area contributed by atoms with E-state index in [0.29, 0.717) is 0 Å². The number of aliphatic carboxylic acids is 1. The van der Waals surface area contributed by atoms with Crippen LogP contribution in [0.4, 0.5) is 0 Å². The van der Waals surface area contributed by atoms with Crippen molar-refractivity contribution in [1.82, 2.24) is 0 Å². The lowest BCUT2D eigenvalue weighted by Gasteiger charge is -1.98. The first-order valence-electron chi connectivity index (χ1n) is 3.55. The van der Waals surface area contributed by atoms with Crippen LogP contribution in [0.5, 0.6) is 0 Å². The fourth-order valence-corrected chi connectivity index (χ4v) is 0.654. The minimum atomic E-state index is -1.11. The first kappa shape index (κ1) is 11.2. The van der Waals surface area contributed by atoms with E-state index in [-0.39, 0.29) is 5.57 Å². The van der Waals surface area contributed by atoms with E-state index in [1.807, 2.05) is 0 Å². The summed E-state index contributed by atoms with van der Waals surface area (Å²) in [6.45, 7) is 4.81. The third-order valence-electron chi connectivity index (χ3n) is 1.08. The molecule has 0 saturated carbocycles. The zero-order valence-corrected chi connectivity index (χ0v) is 7.24. The highest BCUT2D eigenvalue weighted by Crippen LogP contribution is 2.02. The van der Waals surface area contributed by atoms with Crippen LogP contribution in [0.2, 0.25) is 0 Å². The number of rotatable bonds is 4. The second-order valence-corrected chi connectivity index (χ2v) is 2.05. The molecule has 0 saturated heterocycles. The van der Waals surface area contributed by atoms with Gasteiger partial charge in [-0.3, -0.25) is 4.79 Å². The van der Waals surface area contributed by atoms with Crippen LogP contribution in [0.1, 0.15) is 13.3 Å². The zero-order chi connectivity index (χ0) is 10.3. The molecule has 0 bridgehead atoms. The Morgan fingerprint density at radius 1 is 1.62 bits per heavy atom. The van der Waals surface area contributed by atoms with Gasteiger partial charge in [-0.15, -0.1) is 5.73 Å². The number of hydrogen-bond acceptors (Lipinski definition) is 3. The smallest absolute Gasteiger partial charge is 0.347 e. The summed E-state index contributed by atoms with van der Waals surface area (Å²) in [5, 5.41) is 8.42. The van der Waals surface area contributed by atoms with Gasteiger partial charge in [-0.1, -0.05) is 6.58 Å². The molecule has 0 aliphatic rings. The van der Waals surface area contributed by atoms with Gasteiger partial charge in [-0.05, 0) is 13.0 Å². The first-order valence-corrected chi connectivity index (χ1v) is 3.55. The minimum absolute atomic E-state index is 0.0325. The van der Waals surface area contributed by atoms with Crippen molar-refractivity contribution in [2.24, 2.45) is 0 Å². The Bertz CT molecular complexity index is 282. The second-order valence-electron chi connectivity index (χ2n) is 2.05. The molecular formula is C9H10O4. The van der Waals surface area contributed by atoms with Gasteiger partial charge in [0.05, 0.1) is 18.3 Å². The van der Waals surface area contributed by atoms with Crippen LogP contribution >= 0.6 is 0 Å². The maximum Gasteiger partial charge on any atom is 0.347 e. The number of ether oxygens (including phenoxy) is 1. The van der Waals surface area contributed by atoms with Crippen molar-refractivity contribution in [3.05, 3.63) is 30.2 Å². The molecule has 13 heavy (non-hydrogen) atoms. The molecule has 0 unspecified atom stereocenters. The summed E-state index contributed by atoms with van der Waals surface area (Å²) in [6.07, 6.45) is 1.99. The summed E-state index contributed by atoms with van der Waals surface area (Å²) >= 11 is 0. The highest BCUT2D eigenvalue weighted by molar-refractivity contribution is 5.93. The van der Waals surface area contributed by atoms with E-state index >= 15 is 0 Å². The van der Waals surface area contributed by atoms with Crippen LogP contribution in [-0.4, -0.2) is 17.0 Å². The molecule has 0 radical (unpaired) electrons. The van der Waals surface area contributed by atoms with Gasteiger partial charge in [0.15, 0.2) is 0 Å². The molecule has 0 amide bonds. The number of esters is 1. The van der Waals surface area contributed by atoms with Gasteiger partial charge in [0.2, 0.25) is 0 Å². The van der Waals surface area contributed by atoms with E-state index in [1.165, 1.54) is 6.08 Å². The quantitative estimate of drug-likeness (QED) is 0.307. The Balaban J connectivity index is 4.62. The molecule has 0 aromatic rings. The molecule has 0 spiro atoms. The monoisotopic (exact) mass is 182 g/mol. The summed E-state index contributed by atoms with van der Waals surface area (Å²) < 4.78 is 4.40. The normalized spacial score (nSPS) is 8.08. The van der Waals surface area contributed by atoms with Gasteiger partial charge in [-0.2, -0.15) is 0 Å². The molecule has 0 aromatic carbocycles. The molecule has 0 aliphatic heterocycles. The number of carbonyl (C=O) groups excluding carboxylic acids is 1. The van der Waals surface area contributed by atoms with Crippen molar-refractivity contribution in [2.45, 2.75) is 13.3 Å². The van der Waals surface area contributed by atoms with E-state index in [9.17, 15) is 9.59 Å². The van der Waals surface area contributed by atoms with Gasteiger partial charge < -0.3 is 9.84 Å². The predicted octanol–water partition coefficient (Wildman–Crippen LogP) is 1.25. The molecule has 4 heteroatoms. The highest BCUT2D eigenvalue weighted by Gasteiger charge is 2.12. The Morgan fingerprint density at radius 3 is 2.62 bits per heavy atom. The van der Waals surface area contributed by atoms with Crippen molar-refractivity contribution in [1.29, 1.82) is 0 Å². The third-order valence-corrected chi connectivity index (χ3v) is 1.08. The fraction of sp³-hybridized carbons (Fsp3) is 0.222. The second kappa shape index (κ2) is 5.80. The topological polar surface area (TPSA) is 63.6 Å². The van der Waals surface area contributed by atoms with Gasteiger partial charge in [-0.25, -0.2) is 4.79 Å². The molecule has 0 fully saturated rings. The lowest BCUT2D eigenvalue weighted by atomic mass is 10.2. The van der Waals surface area contributed by atoms with Crippen LogP contribution in [-0.2, 0) is 14.3 Å². The van der Waals surface area contributed by atoms with Crippen LogP contribution in [0.25, 0.3) is 0 Å². The number of hydrogen-bond donors (Lipinski definition) is 1. The third kappa shape index (κ3) is 4.61. The van der Waals surface area contributed by atoms with Gasteiger partial charge in [0.25, 0.3) is 0 Å². The Morgan fingerprint density at radius 2 is 2.23 bits per heavy atom. The lowest BCUT2D eigenvalue weighted by Crippen LogP contribution is -2.08. The predicted molar refractivity (Wildman–Crippen MR) is 45.8 cm³/mol. The molecule has 1 N–H and O–H groups in total. The maximum atomic E-state index is 11.0. The Hall–Kier alpha value is -1.80. The number of carboxylic acids is 1. The molecule has 4 nitrogen and oxygen atoms in total. The Labute approximate surface area is 75.8 Å². The molecule has 0 aliphatic carbocycles. The fourth-order valence-electron chi connectivity index (χ4n) is 0.654. The summed E-state index contributed by atoms with van der Waals surface area (Å²) in [6, 6.07) is 0. The van der Waals surface area contributed by atoms with Crippen molar-refractivity contribution in [3.8, 4) is 0 Å². The van der Waals surface area contributed by atoms with E-state index in [4.69, 9.17) is 5.11 Å². The SMILES string of the molecule is C=COC(=O)C(=C=CC)CC(=O)O.